The molecule has 1 aromatic carbocycles. The van der Waals surface area contributed by atoms with Crippen molar-refractivity contribution in [2.24, 2.45) is 0 Å². The number of carbonyl (C=O) groups excluding carboxylic acids is 1. The molecule has 1 fully saturated rings. The Bertz CT molecular complexity index is 634. The maximum absolute atomic E-state index is 11.8. The van der Waals surface area contributed by atoms with Crippen molar-refractivity contribution in [3.05, 3.63) is 39.4 Å². The summed E-state index contributed by atoms with van der Waals surface area (Å²) in [6.45, 7) is 0. The minimum absolute atomic E-state index is 0.387. The highest BCUT2D eigenvalue weighted by Gasteiger charge is 2.29. The van der Waals surface area contributed by atoms with Gasteiger partial charge in [0.1, 0.15) is 0 Å². The number of hydrogen-bond donors (Lipinski definition) is 0. The van der Waals surface area contributed by atoms with Crippen molar-refractivity contribution in [3.63, 3.8) is 0 Å². The minimum Gasteiger partial charge on any atom is -0.464 e. The smallest absolute Gasteiger partial charge is 0.358 e. The highest BCUT2D eigenvalue weighted by atomic mass is 79.9. The summed E-state index contributed by atoms with van der Waals surface area (Å²) in [6, 6.07) is 8.24. The van der Waals surface area contributed by atoms with Gasteiger partial charge in [-0.2, -0.15) is 0 Å². The molecule has 1 heterocycles. The Morgan fingerprint density at radius 3 is 2.84 bits per heavy atom. The summed E-state index contributed by atoms with van der Waals surface area (Å²) in [5, 5.41) is 0. The molecule has 1 aromatic heterocycles. The van der Waals surface area contributed by atoms with Crippen molar-refractivity contribution in [2.45, 2.75) is 18.8 Å². The highest BCUT2D eigenvalue weighted by Crippen LogP contribution is 2.46. The van der Waals surface area contributed by atoms with Crippen LogP contribution in [0.3, 0.4) is 0 Å². The molecule has 3 rings (SSSR count). The Hall–Kier alpha value is -1.20. The van der Waals surface area contributed by atoms with Crippen LogP contribution in [0.1, 0.15) is 34.8 Å². The van der Waals surface area contributed by atoms with E-state index in [1.54, 1.807) is 0 Å². The molecule has 0 aliphatic heterocycles. The topological polar surface area (TPSA) is 39.2 Å². The predicted molar refractivity (Wildman–Crippen MR) is 78.6 cm³/mol. The molecule has 0 radical (unpaired) electrons. The number of ether oxygens (including phenoxy) is 1. The average molecular weight is 338 g/mol. The molecular formula is C14H12BrNO2S. The molecule has 2 aromatic rings. The van der Waals surface area contributed by atoms with Gasteiger partial charge in [0, 0.05) is 0 Å². The third-order valence-electron chi connectivity index (χ3n) is 3.20. The van der Waals surface area contributed by atoms with Crippen LogP contribution in [-0.2, 0) is 4.74 Å². The molecule has 0 amide bonds. The van der Waals surface area contributed by atoms with Crippen LogP contribution < -0.4 is 0 Å². The Morgan fingerprint density at radius 1 is 1.42 bits per heavy atom. The molecule has 0 N–H and O–H groups in total. The predicted octanol–water partition coefficient (Wildman–Crippen LogP) is 4.24. The van der Waals surface area contributed by atoms with Crippen molar-refractivity contribution in [3.8, 4) is 10.4 Å². The quantitative estimate of drug-likeness (QED) is 0.786. The number of halogens is 1. The fraction of sp³-hybridized carbons (Fsp3) is 0.286. The Balaban J connectivity index is 2.14. The lowest BCUT2D eigenvalue weighted by atomic mass is 10.0. The summed E-state index contributed by atoms with van der Waals surface area (Å²) >= 11 is 4.83. The summed E-state index contributed by atoms with van der Waals surface area (Å²) < 4.78 is 5.51. The van der Waals surface area contributed by atoms with Crippen LogP contribution in [0.25, 0.3) is 10.4 Å². The fourth-order valence-corrected chi connectivity index (χ4v) is 3.66. The van der Waals surface area contributed by atoms with Crippen molar-refractivity contribution in [2.75, 3.05) is 7.11 Å². The van der Waals surface area contributed by atoms with Gasteiger partial charge in [0.2, 0.25) is 0 Å². The van der Waals surface area contributed by atoms with Crippen LogP contribution in [0.5, 0.6) is 0 Å². The zero-order chi connectivity index (χ0) is 13.4. The van der Waals surface area contributed by atoms with Crippen molar-refractivity contribution in [1.29, 1.82) is 0 Å². The average Bonchev–Trinajstić information content (AvgIpc) is 3.20. The first-order valence-corrected chi connectivity index (χ1v) is 7.65. The van der Waals surface area contributed by atoms with Gasteiger partial charge in [-0.1, -0.05) is 24.3 Å². The number of methoxy groups -OCH3 is 1. The van der Waals surface area contributed by atoms with Gasteiger partial charge in [0.05, 0.1) is 12.0 Å². The van der Waals surface area contributed by atoms with Crippen molar-refractivity contribution < 1.29 is 9.53 Å². The van der Waals surface area contributed by atoms with Gasteiger partial charge in [0.25, 0.3) is 0 Å². The molecule has 5 heteroatoms. The second kappa shape index (κ2) is 5.06. The van der Waals surface area contributed by atoms with E-state index in [4.69, 9.17) is 4.74 Å². The summed E-state index contributed by atoms with van der Waals surface area (Å²) in [7, 11) is 1.38. The number of carbonyl (C=O) groups is 1. The Labute approximate surface area is 123 Å². The Kier molecular flexibility index (Phi) is 3.41. The monoisotopic (exact) mass is 337 g/mol. The number of thiazole rings is 1. The van der Waals surface area contributed by atoms with Gasteiger partial charge in [-0.3, -0.25) is 0 Å². The molecule has 1 aliphatic rings. The number of esters is 1. The van der Waals surface area contributed by atoms with Crippen LogP contribution in [0.4, 0.5) is 0 Å². The SMILES string of the molecule is COC(=O)c1nc(Br)sc1-c1ccccc1C1CC1. The van der Waals surface area contributed by atoms with E-state index < -0.39 is 0 Å². The second-order valence-electron chi connectivity index (χ2n) is 4.50. The number of rotatable bonds is 3. The first kappa shape index (κ1) is 12.8. The van der Waals surface area contributed by atoms with Gasteiger partial charge in [-0.05, 0) is 45.8 Å². The van der Waals surface area contributed by atoms with Gasteiger partial charge >= 0.3 is 5.97 Å². The van der Waals surface area contributed by atoms with Crippen LogP contribution in [-0.4, -0.2) is 18.1 Å². The van der Waals surface area contributed by atoms with E-state index in [-0.39, 0.29) is 5.97 Å². The molecule has 0 unspecified atom stereocenters. The van der Waals surface area contributed by atoms with Crippen LogP contribution in [0.2, 0.25) is 0 Å². The zero-order valence-corrected chi connectivity index (χ0v) is 12.8. The molecule has 19 heavy (non-hydrogen) atoms. The molecule has 0 bridgehead atoms. The Morgan fingerprint density at radius 2 is 2.16 bits per heavy atom. The summed E-state index contributed by atoms with van der Waals surface area (Å²) in [5.41, 5.74) is 2.81. The molecule has 0 atom stereocenters. The van der Waals surface area contributed by atoms with E-state index in [0.29, 0.717) is 15.5 Å². The fourth-order valence-electron chi connectivity index (χ4n) is 2.17. The molecule has 3 nitrogen and oxygen atoms in total. The lowest BCUT2D eigenvalue weighted by Gasteiger charge is -2.07. The first-order chi connectivity index (χ1) is 9.20. The van der Waals surface area contributed by atoms with Crippen molar-refractivity contribution >= 4 is 33.2 Å². The molecular weight excluding hydrogens is 326 g/mol. The lowest BCUT2D eigenvalue weighted by molar-refractivity contribution is 0.0595. The maximum Gasteiger partial charge on any atom is 0.358 e. The molecule has 0 saturated heterocycles. The lowest BCUT2D eigenvalue weighted by Crippen LogP contribution is -2.03. The largest absolute Gasteiger partial charge is 0.464 e. The van der Waals surface area contributed by atoms with Gasteiger partial charge < -0.3 is 4.74 Å². The third kappa shape index (κ3) is 2.44. The zero-order valence-electron chi connectivity index (χ0n) is 10.4. The van der Waals surface area contributed by atoms with E-state index in [1.165, 1.54) is 36.9 Å². The highest BCUT2D eigenvalue weighted by molar-refractivity contribution is 9.11. The molecule has 0 spiro atoms. The van der Waals surface area contributed by atoms with E-state index in [9.17, 15) is 4.79 Å². The minimum atomic E-state index is -0.387. The maximum atomic E-state index is 11.8. The van der Waals surface area contributed by atoms with Crippen LogP contribution in [0, 0.1) is 0 Å². The van der Waals surface area contributed by atoms with Gasteiger partial charge in [0.15, 0.2) is 9.61 Å². The standard InChI is InChI=1S/C14H12BrNO2S/c1-18-13(17)11-12(19-14(15)16-11)10-5-3-2-4-9(10)8-6-7-8/h2-5,8H,6-7H2,1H3. The molecule has 1 aliphatic carbocycles. The van der Waals surface area contributed by atoms with Gasteiger partial charge in [-0.25, -0.2) is 9.78 Å². The molecule has 98 valence electrons. The number of aromatic nitrogens is 1. The third-order valence-corrected chi connectivity index (χ3v) is 4.74. The summed E-state index contributed by atoms with van der Waals surface area (Å²) in [5.74, 6) is 0.241. The number of nitrogens with zero attached hydrogens (tertiary/aromatic N) is 1. The van der Waals surface area contributed by atoms with Crippen LogP contribution >= 0.6 is 27.3 Å². The van der Waals surface area contributed by atoms with E-state index in [0.717, 1.165) is 10.4 Å². The van der Waals surface area contributed by atoms with Gasteiger partial charge in [-0.15, -0.1) is 11.3 Å². The summed E-state index contributed by atoms with van der Waals surface area (Å²) in [4.78, 5) is 16.9. The first-order valence-electron chi connectivity index (χ1n) is 6.04. The van der Waals surface area contributed by atoms with Crippen LogP contribution in [0.15, 0.2) is 28.2 Å². The molecule has 1 saturated carbocycles. The number of benzene rings is 1. The summed E-state index contributed by atoms with van der Waals surface area (Å²) in [6.07, 6.45) is 2.45. The number of hydrogen-bond acceptors (Lipinski definition) is 4. The van der Waals surface area contributed by atoms with Crippen molar-refractivity contribution in [1.82, 2.24) is 4.98 Å². The van der Waals surface area contributed by atoms with E-state index >= 15 is 0 Å². The normalized spacial score (nSPS) is 14.4. The van der Waals surface area contributed by atoms with E-state index in [1.807, 2.05) is 12.1 Å². The second-order valence-corrected chi connectivity index (χ2v) is 6.77. The van der Waals surface area contributed by atoms with E-state index in [2.05, 4.69) is 33.0 Å².